The number of anilines is 1. The van der Waals surface area contributed by atoms with Crippen molar-refractivity contribution in [1.82, 2.24) is 5.32 Å². The standard InChI is InChI=1S/C25H29ClN2O3S/c1-15-3-6-22(16(2)7-15)28-32(30,31)23-11-20(4-5-21(23)26)24(29)27-25-12-17-8-18(13-25)10-19(9-17)14-25/h3-7,11,17-19,28H,8-10,12-14H2,1-2H3,(H,27,29). The molecule has 0 aliphatic heterocycles. The van der Waals surface area contributed by atoms with Gasteiger partial charge in [0, 0.05) is 11.1 Å². The van der Waals surface area contributed by atoms with Crippen LogP contribution in [-0.4, -0.2) is 19.9 Å². The summed E-state index contributed by atoms with van der Waals surface area (Å²) in [7, 11) is -3.95. The molecule has 4 aliphatic carbocycles. The number of halogens is 1. The average molecular weight is 473 g/mol. The number of carbonyl (C=O) groups is 1. The van der Waals surface area contributed by atoms with Gasteiger partial charge in [0.1, 0.15) is 4.90 Å². The highest BCUT2D eigenvalue weighted by Crippen LogP contribution is 2.55. The second-order valence-corrected chi connectivity index (χ2v) is 12.3. The lowest BCUT2D eigenvalue weighted by Gasteiger charge is -2.56. The van der Waals surface area contributed by atoms with Gasteiger partial charge >= 0.3 is 0 Å². The maximum atomic E-state index is 13.2. The number of benzene rings is 2. The molecular formula is C25H29ClN2O3S. The van der Waals surface area contributed by atoms with Crippen LogP contribution >= 0.6 is 11.6 Å². The minimum absolute atomic E-state index is 0.0858. The van der Waals surface area contributed by atoms with Crippen molar-refractivity contribution in [2.24, 2.45) is 17.8 Å². The van der Waals surface area contributed by atoms with E-state index in [9.17, 15) is 13.2 Å². The summed E-state index contributed by atoms with van der Waals surface area (Å²) in [6.45, 7) is 3.80. The summed E-state index contributed by atoms with van der Waals surface area (Å²) < 4.78 is 28.9. The molecule has 0 atom stereocenters. The number of carbonyl (C=O) groups excluding carboxylic acids is 1. The van der Waals surface area contributed by atoms with Crippen molar-refractivity contribution >= 4 is 33.2 Å². The minimum atomic E-state index is -3.95. The molecule has 7 heteroatoms. The molecule has 170 valence electrons. The van der Waals surface area contributed by atoms with E-state index in [2.05, 4.69) is 10.0 Å². The largest absolute Gasteiger partial charge is 0.347 e. The quantitative estimate of drug-likeness (QED) is 0.607. The van der Waals surface area contributed by atoms with E-state index in [0.717, 1.165) is 30.4 Å². The molecule has 6 rings (SSSR count). The molecular weight excluding hydrogens is 444 g/mol. The Labute approximate surface area is 195 Å². The molecule has 0 radical (unpaired) electrons. The Bertz CT molecular complexity index is 1160. The number of nitrogens with one attached hydrogen (secondary N) is 2. The fraction of sp³-hybridized carbons (Fsp3) is 0.480. The molecule has 2 N–H and O–H groups in total. The van der Waals surface area contributed by atoms with Crippen molar-refractivity contribution in [1.29, 1.82) is 0 Å². The third-order valence-electron chi connectivity index (χ3n) is 7.53. The molecule has 1 amide bonds. The van der Waals surface area contributed by atoms with Crippen LogP contribution in [0.5, 0.6) is 0 Å². The van der Waals surface area contributed by atoms with Crippen molar-refractivity contribution in [3.05, 3.63) is 58.1 Å². The predicted molar refractivity (Wildman–Crippen MR) is 127 cm³/mol. The van der Waals surface area contributed by atoms with E-state index >= 15 is 0 Å². The number of sulfonamides is 1. The summed E-state index contributed by atoms with van der Waals surface area (Å²) in [5.74, 6) is 1.92. The zero-order chi connectivity index (χ0) is 22.7. The van der Waals surface area contributed by atoms with Gasteiger partial charge in [-0.25, -0.2) is 8.42 Å². The van der Waals surface area contributed by atoms with Gasteiger partial charge in [-0.2, -0.15) is 0 Å². The molecule has 4 saturated carbocycles. The molecule has 0 aromatic heterocycles. The number of amides is 1. The first-order valence-electron chi connectivity index (χ1n) is 11.3. The van der Waals surface area contributed by atoms with Crippen molar-refractivity contribution in [2.45, 2.75) is 62.8 Å². The lowest BCUT2D eigenvalue weighted by atomic mass is 9.53. The lowest BCUT2D eigenvalue weighted by molar-refractivity contribution is -0.0167. The SMILES string of the molecule is Cc1ccc(NS(=O)(=O)c2cc(C(=O)NC34CC5CC(CC(C5)C3)C4)ccc2Cl)c(C)c1. The summed E-state index contributed by atoms with van der Waals surface area (Å²) in [6, 6.07) is 9.99. The first-order chi connectivity index (χ1) is 15.1. The zero-order valence-corrected chi connectivity index (χ0v) is 20.0. The van der Waals surface area contributed by atoms with Gasteiger partial charge in [0.25, 0.3) is 15.9 Å². The van der Waals surface area contributed by atoms with Gasteiger partial charge in [0.15, 0.2) is 0 Å². The van der Waals surface area contributed by atoms with Crippen LogP contribution in [-0.2, 0) is 10.0 Å². The van der Waals surface area contributed by atoms with Crippen LogP contribution in [0.3, 0.4) is 0 Å². The summed E-state index contributed by atoms with van der Waals surface area (Å²) in [4.78, 5) is 13.1. The second kappa shape index (κ2) is 7.77. The van der Waals surface area contributed by atoms with E-state index in [0.29, 0.717) is 29.0 Å². The minimum Gasteiger partial charge on any atom is -0.347 e. The van der Waals surface area contributed by atoms with Crippen molar-refractivity contribution in [2.75, 3.05) is 4.72 Å². The van der Waals surface area contributed by atoms with Crippen molar-refractivity contribution in [3.8, 4) is 0 Å². The third-order valence-corrected chi connectivity index (χ3v) is 9.37. The molecule has 2 aromatic carbocycles. The second-order valence-electron chi connectivity index (χ2n) is 10.2. The van der Waals surface area contributed by atoms with E-state index in [1.807, 2.05) is 26.0 Å². The van der Waals surface area contributed by atoms with Crippen LogP contribution in [0.4, 0.5) is 5.69 Å². The van der Waals surface area contributed by atoms with Crippen LogP contribution in [0.1, 0.15) is 60.0 Å². The summed E-state index contributed by atoms with van der Waals surface area (Å²) >= 11 is 6.27. The molecule has 32 heavy (non-hydrogen) atoms. The Hall–Kier alpha value is -2.05. The molecule has 2 aromatic rings. The van der Waals surface area contributed by atoms with Crippen LogP contribution in [0.15, 0.2) is 41.3 Å². The summed E-state index contributed by atoms with van der Waals surface area (Å²) in [5, 5.41) is 3.40. The zero-order valence-electron chi connectivity index (χ0n) is 18.4. The van der Waals surface area contributed by atoms with Gasteiger partial charge in [0.05, 0.1) is 10.7 Å². The topological polar surface area (TPSA) is 75.3 Å². The molecule has 0 heterocycles. The Balaban J connectivity index is 1.39. The lowest BCUT2D eigenvalue weighted by Crippen LogP contribution is -2.59. The molecule has 4 bridgehead atoms. The fourth-order valence-corrected chi connectivity index (χ4v) is 8.21. The molecule has 0 unspecified atom stereocenters. The van der Waals surface area contributed by atoms with Gasteiger partial charge in [0.2, 0.25) is 0 Å². The van der Waals surface area contributed by atoms with Crippen LogP contribution < -0.4 is 10.0 Å². The number of rotatable bonds is 5. The first-order valence-corrected chi connectivity index (χ1v) is 13.2. The van der Waals surface area contributed by atoms with Crippen LogP contribution in [0, 0.1) is 31.6 Å². The van der Waals surface area contributed by atoms with Crippen LogP contribution in [0.25, 0.3) is 0 Å². The highest BCUT2D eigenvalue weighted by molar-refractivity contribution is 7.92. The molecule has 4 fully saturated rings. The predicted octanol–water partition coefficient (Wildman–Crippen LogP) is 5.46. The van der Waals surface area contributed by atoms with E-state index in [1.54, 1.807) is 12.1 Å². The van der Waals surface area contributed by atoms with Gasteiger partial charge in [-0.15, -0.1) is 0 Å². The van der Waals surface area contributed by atoms with E-state index in [-0.39, 0.29) is 21.4 Å². The number of hydrogen-bond acceptors (Lipinski definition) is 3. The van der Waals surface area contributed by atoms with E-state index < -0.39 is 10.0 Å². The smallest absolute Gasteiger partial charge is 0.263 e. The van der Waals surface area contributed by atoms with Crippen LogP contribution in [0.2, 0.25) is 5.02 Å². The monoisotopic (exact) mass is 472 g/mol. The molecule has 0 saturated heterocycles. The normalized spacial score (nSPS) is 28.5. The Morgan fingerprint density at radius 3 is 2.19 bits per heavy atom. The number of hydrogen-bond donors (Lipinski definition) is 2. The van der Waals surface area contributed by atoms with E-state index in [4.69, 9.17) is 11.6 Å². The first kappa shape index (κ1) is 21.8. The fourth-order valence-electron chi connectivity index (χ4n) is 6.56. The summed E-state index contributed by atoms with van der Waals surface area (Å²) in [6.07, 6.45) is 7.00. The average Bonchev–Trinajstić information content (AvgIpc) is 2.69. The molecule has 4 aliphatic rings. The number of aryl methyl sites for hydroxylation is 2. The Morgan fingerprint density at radius 2 is 1.59 bits per heavy atom. The molecule has 5 nitrogen and oxygen atoms in total. The van der Waals surface area contributed by atoms with Crippen molar-refractivity contribution < 1.29 is 13.2 Å². The van der Waals surface area contributed by atoms with Gasteiger partial charge in [-0.1, -0.05) is 29.3 Å². The highest BCUT2D eigenvalue weighted by atomic mass is 35.5. The van der Waals surface area contributed by atoms with Gasteiger partial charge in [-0.05, 0) is 100.0 Å². The summed E-state index contributed by atoms with van der Waals surface area (Å²) in [5.41, 5.74) is 2.55. The van der Waals surface area contributed by atoms with Gasteiger partial charge < -0.3 is 5.32 Å². The Kier molecular flexibility index (Phi) is 5.29. The maximum absolute atomic E-state index is 13.2. The third kappa shape index (κ3) is 4.03. The maximum Gasteiger partial charge on any atom is 0.263 e. The molecule has 0 spiro atoms. The van der Waals surface area contributed by atoms with Gasteiger partial charge in [-0.3, -0.25) is 9.52 Å². The Morgan fingerprint density at radius 1 is 0.969 bits per heavy atom. The van der Waals surface area contributed by atoms with E-state index in [1.165, 1.54) is 31.4 Å². The highest BCUT2D eigenvalue weighted by Gasteiger charge is 2.51. The van der Waals surface area contributed by atoms with Crippen molar-refractivity contribution in [3.63, 3.8) is 0 Å².